The molecule has 0 saturated heterocycles. The number of aliphatic hydroxyl groups excluding tert-OH is 1. The van der Waals surface area contributed by atoms with Crippen molar-refractivity contribution in [2.75, 3.05) is 6.61 Å². The first-order valence-corrected chi connectivity index (χ1v) is 7.30. The van der Waals surface area contributed by atoms with Crippen LogP contribution in [0.5, 0.6) is 0 Å². The molecule has 2 atom stereocenters. The van der Waals surface area contributed by atoms with E-state index in [0.717, 1.165) is 22.9 Å². The number of aliphatic hydroxyl groups is 1. The molecule has 2 N–H and O–H groups in total. The third kappa shape index (κ3) is 4.18. The standard InChI is InChI=1S/C15H18BrNO2/c16-14-4-2-1-3-12(14)6-8-15(19)17-13-7-5-11(9-13)10-18/h1-5,7,11,13,18H,6,8-10H2,(H,17,19)/t11-,13+/m0/s1. The Labute approximate surface area is 121 Å². The number of carbonyl (C=O) groups excluding carboxylic acids is 1. The predicted molar refractivity (Wildman–Crippen MR) is 78.7 cm³/mol. The maximum atomic E-state index is 11.9. The second kappa shape index (κ2) is 6.87. The fourth-order valence-corrected chi connectivity index (χ4v) is 2.73. The van der Waals surface area contributed by atoms with Gasteiger partial charge in [-0.15, -0.1) is 0 Å². The summed E-state index contributed by atoms with van der Waals surface area (Å²) in [6.45, 7) is 0.153. The highest BCUT2D eigenvalue weighted by molar-refractivity contribution is 9.10. The highest BCUT2D eigenvalue weighted by Crippen LogP contribution is 2.19. The molecular weight excluding hydrogens is 306 g/mol. The van der Waals surface area contributed by atoms with E-state index in [4.69, 9.17) is 5.11 Å². The van der Waals surface area contributed by atoms with Crippen LogP contribution in [0, 0.1) is 5.92 Å². The van der Waals surface area contributed by atoms with Crippen molar-refractivity contribution in [3.05, 3.63) is 46.5 Å². The molecule has 102 valence electrons. The van der Waals surface area contributed by atoms with Gasteiger partial charge in [-0.25, -0.2) is 0 Å². The SMILES string of the molecule is O=C(CCc1ccccc1Br)N[C@@H]1C=C[C@H](CO)C1. The van der Waals surface area contributed by atoms with E-state index in [9.17, 15) is 4.79 Å². The molecule has 1 aromatic rings. The normalized spacial score (nSPS) is 21.6. The van der Waals surface area contributed by atoms with Gasteiger partial charge >= 0.3 is 0 Å². The summed E-state index contributed by atoms with van der Waals surface area (Å²) >= 11 is 3.48. The lowest BCUT2D eigenvalue weighted by Gasteiger charge is -2.13. The van der Waals surface area contributed by atoms with E-state index in [0.29, 0.717) is 6.42 Å². The fraction of sp³-hybridized carbons (Fsp3) is 0.400. The highest BCUT2D eigenvalue weighted by Gasteiger charge is 2.19. The quantitative estimate of drug-likeness (QED) is 0.818. The highest BCUT2D eigenvalue weighted by atomic mass is 79.9. The molecule has 0 heterocycles. The zero-order valence-corrected chi connectivity index (χ0v) is 12.3. The third-order valence-electron chi connectivity index (χ3n) is 3.33. The van der Waals surface area contributed by atoms with Crippen molar-refractivity contribution in [3.8, 4) is 0 Å². The van der Waals surface area contributed by atoms with Crippen molar-refractivity contribution in [1.82, 2.24) is 5.32 Å². The van der Waals surface area contributed by atoms with Crippen molar-refractivity contribution in [1.29, 1.82) is 0 Å². The predicted octanol–water partition coefficient (Wildman–Crippen LogP) is 2.43. The summed E-state index contributed by atoms with van der Waals surface area (Å²) in [4.78, 5) is 11.9. The second-order valence-corrected chi connectivity index (χ2v) is 5.68. The Balaban J connectivity index is 1.77. The van der Waals surface area contributed by atoms with Crippen molar-refractivity contribution in [2.24, 2.45) is 5.92 Å². The lowest BCUT2D eigenvalue weighted by Crippen LogP contribution is -2.33. The lowest BCUT2D eigenvalue weighted by atomic mass is 10.1. The average molecular weight is 324 g/mol. The number of amides is 1. The molecular formula is C15H18BrNO2. The number of carbonyl (C=O) groups is 1. The molecule has 0 aliphatic heterocycles. The number of hydrogen-bond acceptors (Lipinski definition) is 2. The molecule has 4 heteroatoms. The molecule has 0 radical (unpaired) electrons. The van der Waals surface area contributed by atoms with Crippen LogP contribution in [0.25, 0.3) is 0 Å². The van der Waals surface area contributed by atoms with Gasteiger partial charge in [0.15, 0.2) is 0 Å². The topological polar surface area (TPSA) is 49.3 Å². The Morgan fingerprint density at radius 2 is 2.16 bits per heavy atom. The fourth-order valence-electron chi connectivity index (χ4n) is 2.25. The number of halogens is 1. The molecule has 2 rings (SSSR count). The van der Waals surface area contributed by atoms with Crippen LogP contribution in [-0.2, 0) is 11.2 Å². The minimum absolute atomic E-state index is 0.0593. The summed E-state index contributed by atoms with van der Waals surface area (Å²) in [6, 6.07) is 8.02. The van der Waals surface area contributed by atoms with Gasteiger partial charge in [-0.05, 0) is 24.5 Å². The van der Waals surface area contributed by atoms with Gasteiger partial charge < -0.3 is 10.4 Å². The first kappa shape index (κ1) is 14.3. The van der Waals surface area contributed by atoms with Crippen molar-refractivity contribution < 1.29 is 9.90 Å². The number of aryl methyl sites for hydroxylation is 1. The minimum atomic E-state index is 0.0593. The van der Waals surface area contributed by atoms with Crippen LogP contribution < -0.4 is 5.32 Å². The summed E-state index contributed by atoms with van der Waals surface area (Å²) in [7, 11) is 0. The molecule has 0 aromatic heterocycles. The van der Waals surface area contributed by atoms with Gasteiger partial charge in [0, 0.05) is 29.5 Å². The smallest absolute Gasteiger partial charge is 0.220 e. The van der Waals surface area contributed by atoms with Crippen LogP contribution in [0.2, 0.25) is 0 Å². The van der Waals surface area contributed by atoms with E-state index < -0.39 is 0 Å². The number of nitrogens with one attached hydrogen (secondary N) is 1. The Hall–Kier alpha value is -1.13. The molecule has 0 spiro atoms. The van der Waals surface area contributed by atoms with Crippen molar-refractivity contribution in [2.45, 2.75) is 25.3 Å². The third-order valence-corrected chi connectivity index (χ3v) is 4.11. The lowest BCUT2D eigenvalue weighted by molar-refractivity contribution is -0.121. The van der Waals surface area contributed by atoms with Gasteiger partial charge in [-0.2, -0.15) is 0 Å². The molecule has 0 saturated carbocycles. The van der Waals surface area contributed by atoms with E-state index in [1.807, 2.05) is 36.4 Å². The van der Waals surface area contributed by atoms with Crippen LogP contribution in [0.15, 0.2) is 40.9 Å². The van der Waals surface area contributed by atoms with Gasteiger partial charge in [0.05, 0.1) is 0 Å². The first-order chi connectivity index (χ1) is 9.19. The Kier molecular flexibility index (Phi) is 5.16. The Morgan fingerprint density at radius 3 is 2.84 bits per heavy atom. The van der Waals surface area contributed by atoms with Crippen LogP contribution >= 0.6 is 15.9 Å². The van der Waals surface area contributed by atoms with Gasteiger partial charge in [-0.3, -0.25) is 4.79 Å². The maximum absolute atomic E-state index is 11.9. The zero-order valence-electron chi connectivity index (χ0n) is 10.7. The van der Waals surface area contributed by atoms with Gasteiger partial charge in [0.25, 0.3) is 0 Å². The summed E-state index contributed by atoms with van der Waals surface area (Å²) in [5, 5.41) is 12.0. The number of benzene rings is 1. The number of hydrogen-bond donors (Lipinski definition) is 2. The van der Waals surface area contributed by atoms with E-state index in [1.165, 1.54) is 0 Å². The van der Waals surface area contributed by atoms with E-state index in [-0.39, 0.29) is 24.5 Å². The van der Waals surface area contributed by atoms with E-state index in [1.54, 1.807) is 0 Å². The molecule has 1 amide bonds. The minimum Gasteiger partial charge on any atom is -0.396 e. The van der Waals surface area contributed by atoms with Crippen LogP contribution in [0.1, 0.15) is 18.4 Å². The number of rotatable bonds is 5. The Bertz CT molecular complexity index is 473. The molecule has 19 heavy (non-hydrogen) atoms. The van der Waals surface area contributed by atoms with Gasteiger partial charge in [-0.1, -0.05) is 46.3 Å². The van der Waals surface area contributed by atoms with Crippen molar-refractivity contribution in [3.63, 3.8) is 0 Å². The molecule has 1 aromatic carbocycles. The second-order valence-electron chi connectivity index (χ2n) is 4.83. The average Bonchev–Trinajstić information content (AvgIpc) is 2.85. The van der Waals surface area contributed by atoms with Crippen LogP contribution in [-0.4, -0.2) is 23.7 Å². The zero-order chi connectivity index (χ0) is 13.7. The monoisotopic (exact) mass is 323 g/mol. The molecule has 3 nitrogen and oxygen atoms in total. The molecule has 0 unspecified atom stereocenters. The molecule has 0 fully saturated rings. The summed E-state index contributed by atoms with van der Waals surface area (Å²) in [5.74, 6) is 0.248. The largest absolute Gasteiger partial charge is 0.396 e. The van der Waals surface area contributed by atoms with E-state index in [2.05, 4.69) is 21.2 Å². The van der Waals surface area contributed by atoms with Crippen LogP contribution in [0.3, 0.4) is 0 Å². The summed E-state index contributed by atoms with van der Waals surface area (Å²) < 4.78 is 1.05. The molecule has 1 aliphatic rings. The van der Waals surface area contributed by atoms with Gasteiger partial charge in [0.1, 0.15) is 0 Å². The van der Waals surface area contributed by atoms with Crippen LogP contribution in [0.4, 0.5) is 0 Å². The summed E-state index contributed by atoms with van der Waals surface area (Å²) in [5.41, 5.74) is 1.15. The first-order valence-electron chi connectivity index (χ1n) is 6.51. The van der Waals surface area contributed by atoms with E-state index >= 15 is 0 Å². The summed E-state index contributed by atoms with van der Waals surface area (Å²) in [6.07, 6.45) is 5.96. The van der Waals surface area contributed by atoms with Gasteiger partial charge in [0.2, 0.25) is 5.91 Å². The van der Waals surface area contributed by atoms with Crippen molar-refractivity contribution >= 4 is 21.8 Å². The Morgan fingerprint density at radius 1 is 1.37 bits per heavy atom. The maximum Gasteiger partial charge on any atom is 0.220 e. The molecule has 1 aliphatic carbocycles. The molecule has 0 bridgehead atoms.